The van der Waals surface area contributed by atoms with Crippen LogP contribution in [0.15, 0.2) is 152 Å². The fraction of sp³-hybridized carbons (Fsp3) is 0. The summed E-state index contributed by atoms with van der Waals surface area (Å²) >= 11 is 0. The second kappa shape index (κ2) is 9.89. The van der Waals surface area contributed by atoms with E-state index in [1.807, 2.05) is 66.9 Å². The van der Waals surface area contributed by atoms with Crippen LogP contribution in [0.25, 0.3) is 105 Å². The van der Waals surface area contributed by atoms with Gasteiger partial charge >= 0.3 is 0 Å². The Kier molecular flexibility index (Phi) is 5.32. The lowest BCUT2D eigenvalue weighted by Gasteiger charge is -2.16. The van der Waals surface area contributed by atoms with Crippen molar-refractivity contribution in [2.75, 3.05) is 0 Å². The third-order valence-corrected chi connectivity index (χ3v) is 10.0. The van der Waals surface area contributed by atoms with Gasteiger partial charge in [-0.05, 0) is 62.0 Å². The number of hydrogen-bond acceptors (Lipinski definition) is 4. The minimum atomic E-state index is 0.578. The monoisotopic (exact) mass is 623 g/mol. The Morgan fingerprint density at radius 2 is 0.918 bits per heavy atom. The van der Waals surface area contributed by atoms with Crippen LogP contribution in [0.1, 0.15) is 0 Å². The summed E-state index contributed by atoms with van der Waals surface area (Å²) in [6.45, 7) is 0. The third kappa shape index (κ3) is 3.70. The molecular formula is C44H25N5. The summed E-state index contributed by atoms with van der Waals surface area (Å²) in [6, 6.07) is 51.1. The maximum atomic E-state index is 5.19. The SMILES string of the molecule is c1ccc(-c2ccc(-c3nc(-c4ccccc4)nc(-n4c5cccc6c7cccc8c9ccccc9c9ccc4c(c9c87)c65)n3)cn2)cc1. The van der Waals surface area contributed by atoms with Gasteiger partial charge in [0.1, 0.15) is 0 Å². The van der Waals surface area contributed by atoms with Gasteiger partial charge in [-0.15, -0.1) is 0 Å². The normalized spacial score (nSPS) is 12.1. The standard InChI is InChI=1S/C44H25N5/c1-3-11-26(12-4-1)35-23-21-28(25-45-35)43-46-42(27-13-5-2-6-14-27)47-44(48-43)49-36-20-10-19-33-32-18-9-17-31-29-15-7-8-16-30(29)34-22-24-37(49)41(39(33)36)40(34)38(31)32/h1-25H. The van der Waals surface area contributed by atoms with Gasteiger partial charge in [-0.3, -0.25) is 9.55 Å². The molecule has 3 heterocycles. The highest BCUT2D eigenvalue weighted by Crippen LogP contribution is 2.49. The molecule has 11 aromatic rings. The highest BCUT2D eigenvalue weighted by Gasteiger charge is 2.25. The van der Waals surface area contributed by atoms with Crippen molar-refractivity contribution >= 4 is 64.9 Å². The van der Waals surface area contributed by atoms with Gasteiger partial charge in [0, 0.05) is 39.0 Å². The summed E-state index contributed by atoms with van der Waals surface area (Å²) in [6.07, 6.45) is 1.86. The highest BCUT2D eigenvalue weighted by molar-refractivity contribution is 6.44. The van der Waals surface area contributed by atoms with E-state index in [0.717, 1.165) is 33.4 Å². The van der Waals surface area contributed by atoms with Gasteiger partial charge in [-0.25, -0.2) is 4.98 Å². The van der Waals surface area contributed by atoms with Crippen molar-refractivity contribution in [3.05, 3.63) is 152 Å². The van der Waals surface area contributed by atoms with E-state index in [9.17, 15) is 0 Å². The maximum absolute atomic E-state index is 5.19. The summed E-state index contributed by atoms with van der Waals surface area (Å²) in [4.78, 5) is 20.2. The summed E-state index contributed by atoms with van der Waals surface area (Å²) in [5, 5.41) is 12.7. The molecule has 0 fully saturated rings. The average Bonchev–Trinajstić information content (AvgIpc) is 3.53. The fourth-order valence-electron chi connectivity index (χ4n) is 7.91. The topological polar surface area (TPSA) is 56.5 Å². The zero-order valence-corrected chi connectivity index (χ0v) is 26.2. The Morgan fingerprint density at radius 1 is 0.347 bits per heavy atom. The molecule has 0 bridgehead atoms. The van der Waals surface area contributed by atoms with Crippen molar-refractivity contribution in [1.82, 2.24) is 24.5 Å². The molecular weight excluding hydrogens is 599 g/mol. The molecule has 0 saturated heterocycles. The molecule has 0 radical (unpaired) electrons. The smallest absolute Gasteiger partial charge is 0.238 e. The molecule has 0 aliphatic rings. The van der Waals surface area contributed by atoms with E-state index in [1.54, 1.807) is 0 Å². The van der Waals surface area contributed by atoms with Crippen LogP contribution in [0.3, 0.4) is 0 Å². The molecule has 49 heavy (non-hydrogen) atoms. The van der Waals surface area contributed by atoms with Gasteiger partial charge in [0.25, 0.3) is 0 Å². The van der Waals surface area contributed by atoms with Crippen molar-refractivity contribution < 1.29 is 0 Å². The number of rotatable bonds is 4. The fourth-order valence-corrected chi connectivity index (χ4v) is 7.91. The number of fused-ring (bicyclic) bond motifs is 4. The summed E-state index contributed by atoms with van der Waals surface area (Å²) in [7, 11) is 0. The largest absolute Gasteiger partial charge is 0.278 e. The first-order valence-electron chi connectivity index (χ1n) is 16.5. The van der Waals surface area contributed by atoms with Crippen LogP contribution in [-0.2, 0) is 0 Å². The molecule has 5 heteroatoms. The van der Waals surface area contributed by atoms with E-state index in [-0.39, 0.29) is 0 Å². The van der Waals surface area contributed by atoms with E-state index in [4.69, 9.17) is 19.9 Å². The van der Waals surface area contributed by atoms with Crippen molar-refractivity contribution in [2.24, 2.45) is 0 Å². The Labute approximate surface area is 280 Å². The van der Waals surface area contributed by atoms with Gasteiger partial charge in [-0.2, -0.15) is 9.97 Å². The van der Waals surface area contributed by atoms with Gasteiger partial charge in [-0.1, -0.05) is 121 Å². The van der Waals surface area contributed by atoms with E-state index in [1.165, 1.54) is 53.9 Å². The molecule has 0 N–H and O–H groups in total. The molecule has 0 atom stereocenters. The lowest BCUT2D eigenvalue weighted by molar-refractivity contribution is 0.953. The summed E-state index contributed by atoms with van der Waals surface area (Å²) < 4.78 is 2.23. The van der Waals surface area contributed by atoms with E-state index in [2.05, 4.69) is 89.5 Å². The Hall–Kier alpha value is -6.72. The highest BCUT2D eigenvalue weighted by atomic mass is 15.2. The lowest BCUT2D eigenvalue weighted by atomic mass is 9.86. The van der Waals surface area contributed by atoms with Crippen LogP contribution >= 0.6 is 0 Å². The molecule has 3 aromatic heterocycles. The number of aromatic nitrogens is 5. The van der Waals surface area contributed by atoms with Crippen LogP contribution in [0.2, 0.25) is 0 Å². The molecule has 0 saturated carbocycles. The summed E-state index contributed by atoms with van der Waals surface area (Å²) in [5.74, 6) is 1.77. The molecule has 226 valence electrons. The Morgan fingerprint density at radius 3 is 1.63 bits per heavy atom. The molecule has 11 rings (SSSR count). The van der Waals surface area contributed by atoms with Crippen molar-refractivity contribution in [3.8, 4) is 40.0 Å². The molecule has 8 aromatic carbocycles. The molecule has 0 amide bonds. The van der Waals surface area contributed by atoms with Crippen LogP contribution < -0.4 is 0 Å². The maximum Gasteiger partial charge on any atom is 0.238 e. The van der Waals surface area contributed by atoms with Crippen molar-refractivity contribution in [2.45, 2.75) is 0 Å². The first-order chi connectivity index (χ1) is 24.3. The zero-order chi connectivity index (χ0) is 32.1. The molecule has 0 aliphatic carbocycles. The van der Waals surface area contributed by atoms with Crippen molar-refractivity contribution in [1.29, 1.82) is 0 Å². The quantitative estimate of drug-likeness (QED) is 0.145. The minimum Gasteiger partial charge on any atom is -0.278 e. The Bertz CT molecular complexity index is 3020. The van der Waals surface area contributed by atoms with Gasteiger partial charge in [0.05, 0.1) is 16.7 Å². The van der Waals surface area contributed by atoms with E-state index in [0.29, 0.717) is 17.6 Å². The first-order valence-corrected chi connectivity index (χ1v) is 16.5. The van der Waals surface area contributed by atoms with Crippen LogP contribution in [0.4, 0.5) is 0 Å². The second-order valence-corrected chi connectivity index (χ2v) is 12.6. The zero-order valence-electron chi connectivity index (χ0n) is 26.2. The number of pyridine rings is 1. The number of hydrogen-bond donors (Lipinski definition) is 0. The van der Waals surface area contributed by atoms with Crippen LogP contribution in [0.5, 0.6) is 0 Å². The minimum absolute atomic E-state index is 0.578. The predicted octanol–water partition coefficient (Wildman–Crippen LogP) is 10.9. The summed E-state index contributed by atoms with van der Waals surface area (Å²) in [5.41, 5.74) is 5.88. The van der Waals surface area contributed by atoms with E-state index >= 15 is 0 Å². The number of nitrogens with zero attached hydrogens (tertiary/aromatic N) is 5. The van der Waals surface area contributed by atoms with Crippen LogP contribution in [-0.4, -0.2) is 24.5 Å². The first kappa shape index (κ1) is 26.4. The van der Waals surface area contributed by atoms with E-state index < -0.39 is 0 Å². The second-order valence-electron chi connectivity index (χ2n) is 12.6. The molecule has 0 aliphatic heterocycles. The number of benzene rings is 8. The van der Waals surface area contributed by atoms with Gasteiger partial charge < -0.3 is 0 Å². The third-order valence-electron chi connectivity index (χ3n) is 10.0. The Balaban J connectivity index is 1.23. The average molecular weight is 624 g/mol. The predicted molar refractivity (Wildman–Crippen MR) is 201 cm³/mol. The lowest BCUT2D eigenvalue weighted by Crippen LogP contribution is -2.06. The molecule has 0 unspecified atom stereocenters. The van der Waals surface area contributed by atoms with Crippen LogP contribution in [0, 0.1) is 0 Å². The molecule has 0 spiro atoms. The van der Waals surface area contributed by atoms with Gasteiger partial charge in [0.15, 0.2) is 11.6 Å². The van der Waals surface area contributed by atoms with Gasteiger partial charge in [0.2, 0.25) is 5.95 Å². The molecule has 5 nitrogen and oxygen atoms in total. The van der Waals surface area contributed by atoms with Crippen molar-refractivity contribution in [3.63, 3.8) is 0 Å².